The lowest BCUT2D eigenvalue weighted by Gasteiger charge is -2.27. The van der Waals surface area contributed by atoms with Gasteiger partial charge in [-0.25, -0.2) is 0 Å². The zero-order chi connectivity index (χ0) is 7.72. The molecule has 4 atom stereocenters. The summed E-state index contributed by atoms with van der Waals surface area (Å²) in [6, 6.07) is 0. The standard InChI is InChI=1S/C6H9BrO3/c7-3-1-2-4(8)6(10)5(3)9/h1-6,8-10H/t3-,4+,5+,6-/m1/s1. The first-order chi connectivity index (χ1) is 4.63. The summed E-state index contributed by atoms with van der Waals surface area (Å²) < 4.78 is 0. The Morgan fingerprint density at radius 2 is 1.60 bits per heavy atom. The van der Waals surface area contributed by atoms with Crippen LogP contribution in [-0.2, 0) is 0 Å². The van der Waals surface area contributed by atoms with Gasteiger partial charge in [0.2, 0.25) is 0 Å². The highest BCUT2D eigenvalue weighted by atomic mass is 79.9. The van der Waals surface area contributed by atoms with E-state index in [1.54, 1.807) is 6.08 Å². The Kier molecular flexibility index (Phi) is 2.46. The number of alkyl halides is 1. The molecule has 0 aromatic rings. The van der Waals surface area contributed by atoms with Gasteiger partial charge in [0.05, 0.1) is 10.9 Å². The van der Waals surface area contributed by atoms with Crippen LogP contribution in [0.25, 0.3) is 0 Å². The molecule has 1 aliphatic carbocycles. The summed E-state index contributed by atoms with van der Waals surface area (Å²) in [5.41, 5.74) is 0. The first-order valence-electron chi connectivity index (χ1n) is 2.99. The van der Waals surface area contributed by atoms with Crippen LogP contribution in [-0.4, -0.2) is 38.5 Å². The van der Waals surface area contributed by atoms with Crippen molar-refractivity contribution < 1.29 is 15.3 Å². The Morgan fingerprint density at radius 3 is 2.10 bits per heavy atom. The molecule has 0 aromatic heterocycles. The van der Waals surface area contributed by atoms with Crippen molar-refractivity contribution in [1.82, 2.24) is 0 Å². The number of halogens is 1. The van der Waals surface area contributed by atoms with E-state index in [4.69, 9.17) is 15.3 Å². The third-order valence-electron chi connectivity index (χ3n) is 1.52. The van der Waals surface area contributed by atoms with Gasteiger partial charge in [-0.3, -0.25) is 0 Å². The van der Waals surface area contributed by atoms with E-state index in [0.29, 0.717) is 0 Å². The first-order valence-corrected chi connectivity index (χ1v) is 3.91. The second kappa shape index (κ2) is 3.00. The number of rotatable bonds is 0. The summed E-state index contributed by atoms with van der Waals surface area (Å²) >= 11 is 3.11. The van der Waals surface area contributed by atoms with Gasteiger partial charge in [0.25, 0.3) is 0 Å². The molecule has 10 heavy (non-hydrogen) atoms. The van der Waals surface area contributed by atoms with E-state index < -0.39 is 18.3 Å². The molecule has 58 valence electrons. The molecule has 1 rings (SSSR count). The summed E-state index contributed by atoms with van der Waals surface area (Å²) in [6.07, 6.45) is 0.136. The third-order valence-corrected chi connectivity index (χ3v) is 2.37. The van der Waals surface area contributed by atoms with Crippen LogP contribution in [0.5, 0.6) is 0 Å². The van der Waals surface area contributed by atoms with E-state index in [2.05, 4.69) is 15.9 Å². The lowest BCUT2D eigenvalue weighted by Crippen LogP contribution is -2.43. The maximum Gasteiger partial charge on any atom is 0.111 e. The van der Waals surface area contributed by atoms with Gasteiger partial charge in [-0.1, -0.05) is 28.1 Å². The molecule has 0 radical (unpaired) electrons. The highest BCUT2D eigenvalue weighted by Gasteiger charge is 2.30. The second-order valence-corrected chi connectivity index (χ2v) is 3.36. The highest BCUT2D eigenvalue weighted by Crippen LogP contribution is 2.19. The third kappa shape index (κ3) is 1.40. The fraction of sp³-hybridized carbons (Fsp3) is 0.667. The lowest BCUT2D eigenvalue weighted by atomic mass is 9.99. The van der Waals surface area contributed by atoms with Crippen LogP contribution in [0, 0.1) is 0 Å². The Morgan fingerprint density at radius 1 is 1.00 bits per heavy atom. The number of hydrogen-bond acceptors (Lipinski definition) is 3. The molecule has 0 fully saturated rings. The zero-order valence-electron chi connectivity index (χ0n) is 5.18. The Balaban J connectivity index is 2.69. The van der Waals surface area contributed by atoms with Crippen molar-refractivity contribution in [3.63, 3.8) is 0 Å². The van der Waals surface area contributed by atoms with E-state index in [1.807, 2.05) is 0 Å². The van der Waals surface area contributed by atoms with Crippen LogP contribution in [0.4, 0.5) is 0 Å². The van der Waals surface area contributed by atoms with Gasteiger partial charge < -0.3 is 15.3 Å². The van der Waals surface area contributed by atoms with E-state index in [1.165, 1.54) is 6.08 Å². The van der Waals surface area contributed by atoms with Crippen LogP contribution in [0.15, 0.2) is 12.2 Å². The summed E-state index contributed by atoms with van der Waals surface area (Å²) in [6.45, 7) is 0. The average molecular weight is 209 g/mol. The molecule has 0 amide bonds. The van der Waals surface area contributed by atoms with Gasteiger partial charge in [-0.2, -0.15) is 0 Å². The molecular formula is C6H9BrO3. The Bertz CT molecular complexity index is 132. The van der Waals surface area contributed by atoms with Crippen molar-refractivity contribution in [1.29, 1.82) is 0 Å². The smallest absolute Gasteiger partial charge is 0.111 e. The summed E-state index contributed by atoms with van der Waals surface area (Å²) in [7, 11) is 0. The normalized spacial score (nSPS) is 47.6. The molecule has 0 aliphatic heterocycles. The zero-order valence-corrected chi connectivity index (χ0v) is 6.77. The van der Waals surface area contributed by atoms with E-state index in [-0.39, 0.29) is 4.83 Å². The molecule has 0 saturated heterocycles. The molecule has 0 spiro atoms. The molecule has 3 nitrogen and oxygen atoms in total. The van der Waals surface area contributed by atoms with Gasteiger partial charge in [-0.05, 0) is 0 Å². The van der Waals surface area contributed by atoms with Crippen molar-refractivity contribution >= 4 is 15.9 Å². The van der Waals surface area contributed by atoms with Crippen LogP contribution in [0.1, 0.15) is 0 Å². The molecule has 0 unspecified atom stereocenters. The minimum Gasteiger partial charge on any atom is -0.389 e. The van der Waals surface area contributed by atoms with Gasteiger partial charge in [0.1, 0.15) is 12.2 Å². The average Bonchev–Trinajstić information content (AvgIpc) is 1.93. The van der Waals surface area contributed by atoms with Crippen LogP contribution in [0.2, 0.25) is 0 Å². The van der Waals surface area contributed by atoms with Crippen molar-refractivity contribution in [2.45, 2.75) is 23.1 Å². The summed E-state index contributed by atoms with van der Waals surface area (Å²) in [4.78, 5) is -0.258. The minimum atomic E-state index is -1.07. The molecule has 0 heterocycles. The van der Waals surface area contributed by atoms with Crippen LogP contribution in [0.3, 0.4) is 0 Å². The van der Waals surface area contributed by atoms with Crippen molar-refractivity contribution in [2.24, 2.45) is 0 Å². The lowest BCUT2D eigenvalue weighted by molar-refractivity contribution is -0.0422. The summed E-state index contributed by atoms with van der Waals surface area (Å²) in [5, 5.41) is 27.1. The predicted octanol–water partition coefficient (Wildman–Crippen LogP) is -0.598. The van der Waals surface area contributed by atoms with Crippen molar-refractivity contribution in [3.05, 3.63) is 12.2 Å². The van der Waals surface area contributed by atoms with Gasteiger partial charge in [-0.15, -0.1) is 0 Å². The molecule has 0 saturated carbocycles. The molecule has 1 aliphatic rings. The van der Waals surface area contributed by atoms with Gasteiger partial charge in [0.15, 0.2) is 0 Å². The first kappa shape index (κ1) is 8.20. The van der Waals surface area contributed by atoms with E-state index in [9.17, 15) is 0 Å². The summed E-state index contributed by atoms with van der Waals surface area (Å²) in [5.74, 6) is 0. The van der Waals surface area contributed by atoms with Gasteiger partial charge >= 0.3 is 0 Å². The fourth-order valence-electron chi connectivity index (χ4n) is 0.838. The molecule has 0 bridgehead atoms. The predicted molar refractivity (Wildman–Crippen MR) is 39.9 cm³/mol. The SMILES string of the molecule is O[C@@H]1[C@H](O)[C@@H](O)C=C[C@H]1Br. The largest absolute Gasteiger partial charge is 0.389 e. The van der Waals surface area contributed by atoms with Crippen molar-refractivity contribution in [3.8, 4) is 0 Å². The molecule has 0 aromatic carbocycles. The van der Waals surface area contributed by atoms with Crippen LogP contribution >= 0.6 is 15.9 Å². The van der Waals surface area contributed by atoms with Gasteiger partial charge in [0, 0.05) is 0 Å². The topological polar surface area (TPSA) is 60.7 Å². The molecule has 3 N–H and O–H groups in total. The monoisotopic (exact) mass is 208 g/mol. The van der Waals surface area contributed by atoms with E-state index >= 15 is 0 Å². The molecular weight excluding hydrogens is 200 g/mol. The second-order valence-electron chi connectivity index (χ2n) is 2.30. The molecule has 4 heteroatoms. The highest BCUT2D eigenvalue weighted by molar-refractivity contribution is 9.09. The minimum absolute atomic E-state index is 0.258. The van der Waals surface area contributed by atoms with Crippen LogP contribution < -0.4 is 0 Å². The maximum absolute atomic E-state index is 9.11. The number of hydrogen-bond donors (Lipinski definition) is 3. The maximum atomic E-state index is 9.11. The number of aliphatic hydroxyl groups excluding tert-OH is 3. The fourth-order valence-corrected chi connectivity index (χ4v) is 1.33. The van der Waals surface area contributed by atoms with E-state index in [0.717, 1.165) is 0 Å². The number of aliphatic hydroxyl groups is 3. The van der Waals surface area contributed by atoms with Crippen molar-refractivity contribution in [2.75, 3.05) is 0 Å². The Hall–Kier alpha value is 0.100. The Labute approximate surface area is 67.1 Å². The quantitative estimate of drug-likeness (QED) is 0.369.